The van der Waals surface area contributed by atoms with E-state index in [0.717, 1.165) is 25.1 Å². The van der Waals surface area contributed by atoms with Crippen LogP contribution in [0.5, 0.6) is 0 Å². The van der Waals surface area contributed by atoms with Gasteiger partial charge in [0.25, 0.3) is 0 Å². The summed E-state index contributed by atoms with van der Waals surface area (Å²) in [6, 6.07) is 9.89. The molecular weight excluding hydrogens is 240 g/mol. The van der Waals surface area contributed by atoms with Crippen LogP contribution in [-0.2, 0) is 15.0 Å². The second-order valence-corrected chi connectivity index (χ2v) is 5.40. The monoisotopic (exact) mass is 258 g/mol. The number of hydrogen-bond acceptors (Lipinski definition) is 3. The van der Waals surface area contributed by atoms with E-state index < -0.39 is 5.41 Å². The van der Waals surface area contributed by atoms with E-state index in [0.29, 0.717) is 12.8 Å². The zero-order chi connectivity index (χ0) is 13.3. The molecule has 2 amide bonds. The summed E-state index contributed by atoms with van der Waals surface area (Å²) in [5, 5.41) is 5.87. The van der Waals surface area contributed by atoms with Gasteiger partial charge in [-0.1, -0.05) is 30.3 Å². The molecule has 0 aliphatic carbocycles. The number of amides is 2. The fourth-order valence-corrected chi connectivity index (χ4v) is 3.44. The number of rotatable bonds is 2. The Hall–Kier alpha value is -1.68. The van der Waals surface area contributed by atoms with E-state index in [9.17, 15) is 9.59 Å². The van der Waals surface area contributed by atoms with Gasteiger partial charge in [0.15, 0.2) is 0 Å². The molecule has 4 nitrogen and oxygen atoms in total. The van der Waals surface area contributed by atoms with E-state index in [-0.39, 0.29) is 17.7 Å². The van der Waals surface area contributed by atoms with Crippen LogP contribution in [0.2, 0.25) is 0 Å². The number of piperidine rings is 1. The summed E-state index contributed by atoms with van der Waals surface area (Å²) in [4.78, 5) is 24.0. The topological polar surface area (TPSA) is 58.2 Å². The highest BCUT2D eigenvalue weighted by atomic mass is 16.2. The van der Waals surface area contributed by atoms with Gasteiger partial charge in [0.2, 0.25) is 11.8 Å². The quantitative estimate of drug-likeness (QED) is 0.777. The van der Waals surface area contributed by atoms with Crippen molar-refractivity contribution in [3.8, 4) is 0 Å². The molecule has 2 unspecified atom stereocenters. The van der Waals surface area contributed by atoms with Gasteiger partial charge in [-0.15, -0.1) is 0 Å². The molecule has 2 saturated heterocycles. The van der Waals surface area contributed by atoms with Gasteiger partial charge in [-0.25, -0.2) is 0 Å². The third kappa shape index (κ3) is 1.96. The van der Waals surface area contributed by atoms with Gasteiger partial charge < -0.3 is 5.32 Å². The van der Waals surface area contributed by atoms with Crippen molar-refractivity contribution in [3.05, 3.63) is 35.9 Å². The lowest BCUT2D eigenvalue weighted by Gasteiger charge is -2.40. The van der Waals surface area contributed by atoms with E-state index in [4.69, 9.17) is 0 Å². The molecule has 0 aromatic heterocycles. The smallest absolute Gasteiger partial charge is 0.237 e. The van der Waals surface area contributed by atoms with Gasteiger partial charge in [0.05, 0.1) is 5.41 Å². The largest absolute Gasteiger partial charge is 0.316 e. The molecule has 2 heterocycles. The van der Waals surface area contributed by atoms with Crippen LogP contribution in [0.3, 0.4) is 0 Å². The standard InChI is InChI=1S/C15H18N2O2/c18-13-6-8-15(14(19)17-13,12-7-9-16-10-12)11-4-2-1-3-5-11/h1-5,12,16H,6-10H2,(H,17,18,19). The molecule has 0 spiro atoms. The van der Waals surface area contributed by atoms with E-state index in [1.165, 1.54) is 0 Å². The molecule has 2 aliphatic rings. The van der Waals surface area contributed by atoms with Crippen molar-refractivity contribution < 1.29 is 9.59 Å². The molecule has 2 N–H and O–H groups in total. The van der Waals surface area contributed by atoms with Crippen LogP contribution in [0.4, 0.5) is 0 Å². The third-order valence-corrected chi connectivity index (χ3v) is 4.45. The van der Waals surface area contributed by atoms with Crippen LogP contribution in [0, 0.1) is 5.92 Å². The minimum absolute atomic E-state index is 0.122. The third-order valence-electron chi connectivity index (χ3n) is 4.45. The van der Waals surface area contributed by atoms with Gasteiger partial charge in [0, 0.05) is 6.42 Å². The van der Waals surface area contributed by atoms with Crippen LogP contribution in [0.25, 0.3) is 0 Å². The maximum absolute atomic E-state index is 12.6. The molecule has 0 radical (unpaired) electrons. The maximum atomic E-state index is 12.6. The Morgan fingerprint density at radius 1 is 1.16 bits per heavy atom. The zero-order valence-corrected chi connectivity index (χ0v) is 10.8. The summed E-state index contributed by atoms with van der Waals surface area (Å²) < 4.78 is 0. The molecule has 3 rings (SSSR count). The molecule has 100 valence electrons. The minimum Gasteiger partial charge on any atom is -0.316 e. The van der Waals surface area contributed by atoms with Crippen molar-refractivity contribution in [2.75, 3.05) is 13.1 Å². The van der Waals surface area contributed by atoms with Crippen molar-refractivity contribution in [1.82, 2.24) is 10.6 Å². The molecule has 0 saturated carbocycles. The van der Waals surface area contributed by atoms with Crippen molar-refractivity contribution in [2.24, 2.45) is 5.92 Å². The molecule has 2 aliphatic heterocycles. The number of hydrogen-bond donors (Lipinski definition) is 2. The predicted molar refractivity (Wildman–Crippen MR) is 71.5 cm³/mol. The summed E-state index contributed by atoms with van der Waals surface area (Å²) in [7, 11) is 0. The number of benzene rings is 1. The Morgan fingerprint density at radius 2 is 1.95 bits per heavy atom. The van der Waals surface area contributed by atoms with Crippen molar-refractivity contribution >= 4 is 11.8 Å². The highest BCUT2D eigenvalue weighted by Gasteiger charge is 2.50. The normalized spacial score (nSPS) is 31.3. The summed E-state index contributed by atoms with van der Waals surface area (Å²) >= 11 is 0. The average molecular weight is 258 g/mol. The van der Waals surface area contributed by atoms with Crippen LogP contribution < -0.4 is 10.6 Å². The lowest BCUT2D eigenvalue weighted by atomic mass is 9.65. The fourth-order valence-electron chi connectivity index (χ4n) is 3.44. The van der Waals surface area contributed by atoms with Gasteiger partial charge in [-0.2, -0.15) is 0 Å². The Bertz CT molecular complexity index is 494. The SMILES string of the molecule is O=C1CCC(c2ccccc2)(C2CCNC2)C(=O)N1. The minimum atomic E-state index is -0.543. The molecule has 1 aromatic rings. The van der Waals surface area contributed by atoms with Crippen molar-refractivity contribution in [2.45, 2.75) is 24.7 Å². The number of imide groups is 1. The van der Waals surface area contributed by atoms with Gasteiger partial charge >= 0.3 is 0 Å². The Labute approximate surface area is 112 Å². The molecule has 2 atom stereocenters. The average Bonchev–Trinajstić information content (AvgIpc) is 2.95. The first kappa shape index (κ1) is 12.4. The molecule has 19 heavy (non-hydrogen) atoms. The second-order valence-electron chi connectivity index (χ2n) is 5.40. The van der Waals surface area contributed by atoms with E-state index >= 15 is 0 Å². The molecule has 4 heteroatoms. The maximum Gasteiger partial charge on any atom is 0.237 e. The number of carbonyl (C=O) groups is 2. The molecular formula is C15H18N2O2. The predicted octanol–water partition coefficient (Wildman–Crippen LogP) is 0.970. The Balaban J connectivity index is 2.05. The molecule has 1 aromatic carbocycles. The first-order valence-electron chi connectivity index (χ1n) is 6.84. The number of nitrogens with one attached hydrogen (secondary N) is 2. The van der Waals surface area contributed by atoms with E-state index in [2.05, 4.69) is 10.6 Å². The number of carbonyl (C=O) groups excluding carboxylic acids is 2. The van der Waals surface area contributed by atoms with Crippen LogP contribution in [-0.4, -0.2) is 24.9 Å². The summed E-state index contributed by atoms with van der Waals surface area (Å²) in [6.07, 6.45) is 2.03. The van der Waals surface area contributed by atoms with E-state index in [1.54, 1.807) is 0 Å². The van der Waals surface area contributed by atoms with Gasteiger partial charge in [-0.3, -0.25) is 14.9 Å². The first-order chi connectivity index (χ1) is 9.23. The van der Waals surface area contributed by atoms with Crippen LogP contribution >= 0.6 is 0 Å². The van der Waals surface area contributed by atoms with E-state index in [1.807, 2.05) is 30.3 Å². The first-order valence-corrected chi connectivity index (χ1v) is 6.84. The zero-order valence-electron chi connectivity index (χ0n) is 10.8. The highest BCUT2D eigenvalue weighted by Crippen LogP contribution is 2.42. The fraction of sp³-hybridized carbons (Fsp3) is 0.467. The Kier molecular flexibility index (Phi) is 3.11. The van der Waals surface area contributed by atoms with Crippen LogP contribution in [0.1, 0.15) is 24.8 Å². The highest BCUT2D eigenvalue weighted by molar-refractivity contribution is 6.03. The van der Waals surface area contributed by atoms with Gasteiger partial charge in [-0.05, 0) is 37.4 Å². The van der Waals surface area contributed by atoms with Crippen molar-refractivity contribution in [3.63, 3.8) is 0 Å². The molecule has 0 bridgehead atoms. The van der Waals surface area contributed by atoms with Crippen LogP contribution in [0.15, 0.2) is 30.3 Å². The molecule has 2 fully saturated rings. The van der Waals surface area contributed by atoms with Gasteiger partial charge in [0.1, 0.15) is 0 Å². The van der Waals surface area contributed by atoms with Crippen molar-refractivity contribution in [1.29, 1.82) is 0 Å². The summed E-state index contributed by atoms with van der Waals surface area (Å²) in [5.41, 5.74) is 0.493. The lowest BCUT2D eigenvalue weighted by molar-refractivity contribution is -0.139. The summed E-state index contributed by atoms with van der Waals surface area (Å²) in [5.74, 6) is -0.00541. The lowest BCUT2D eigenvalue weighted by Crippen LogP contribution is -2.55. The summed E-state index contributed by atoms with van der Waals surface area (Å²) in [6.45, 7) is 1.79. The Morgan fingerprint density at radius 3 is 2.58 bits per heavy atom. The second kappa shape index (κ2) is 4.78.